The number of hydrogen-bond acceptors (Lipinski definition) is 6. The van der Waals surface area contributed by atoms with Crippen molar-refractivity contribution in [3.63, 3.8) is 0 Å². The van der Waals surface area contributed by atoms with Crippen LogP contribution in [0.3, 0.4) is 0 Å². The van der Waals surface area contributed by atoms with Gasteiger partial charge in [-0.3, -0.25) is 4.79 Å². The molecule has 1 amide bonds. The highest BCUT2D eigenvalue weighted by Gasteiger charge is 2.34. The number of rotatable bonds is 5. The van der Waals surface area contributed by atoms with Crippen molar-refractivity contribution in [3.8, 4) is 11.5 Å². The maximum absolute atomic E-state index is 12.6. The quantitative estimate of drug-likeness (QED) is 0.728. The highest BCUT2D eigenvalue weighted by atomic mass is 32.1. The summed E-state index contributed by atoms with van der Waals surface area (Å²) in [5.41, 5.74) is 2.74. The van der Waals surface area contributed by atoms with Crippen molar-refractivity contribution < 1.29 is 14.3 Å². The number of methoxy groups -OCH3 is 2. The Hall–Kier alpha value is -2.80. The minimum absolute atomic E-state index is 0.0120. The SMILES string of the molecule is COc1ccc2nc(N3CC(C(=O)Nc4cc(C)ccc4OC)C3)sc2c1. The number of carbonyl (C=O) groups excluding carboxylic acids is 1. The van der Waals surface area contributed by atoms with Gasteiger partial charge in [0.25, 0.3) is 0 Å². The number of aryl methyl sites for hydroxylation is 1. The number of anilines is 2. The van der Waals surface area contributed by atoms with Gasteiger partial charge < -0.3 is 19.7 Å². The van der Waals surface area contributed by atoms with Crippen molar-refractivity contribution in [2.24, 2.45) is 5.92 Å². The van der Waals surface area contributed by atoms with Crippen LogP contribution in [0.15, 0.2) is 36.4 Å². The third-order valence-corrected chi connectivity index (χ3v) is 5.80. The van der Waals surface area contributed by atoms with Crippen molar-refractivity contribution in [2.75, 3.05) is 37.5 Å². The van der Waals surface area contributed by atoms with E-state index in [1.807, 2.05) is 43.3 Å². The van der Waals surface area contributed by atoms with Crippen molar-refractivity contribution in [1.29, 1.82) is 0 Å². The highest BCUT2D eigenvalue weighted by molar-refractivity contribution is 7.22. The van der Waals surface area contributed by atoms with Gasteiger partial charge in [-0.2, -0.15) is 0 Å². The summed E-state index contributed by atoms with van der Waals surface area (Å²) < 4.78 is 11.7. The van der Waals surface area contributed by atoms with Gasteiger partial charge in [0.2, 0.25) is 5.91 Å². The van der Waals surface area contributed by atoms with Crippen LogP contribution in [0.25, 0.3) is 10.2 Å². The van der Waals surface area contributed by atoms with E-state index in [1.165, 1.54) is 0 Å². The molecule has 0 radical (unpaired) electrons. The Bertz CT molecular complexity index is 995. The molecule has 140 valence electrons. The molecular formula is C20H21N3O3S. The predicted molar refractivity (Wildman–Crippen MR) is 108 cm³/mol. The van der Waals surface area contributed by atoms with Crippen molar-refractivity contribution in [2.45, 2.75) is 6.92 Å². The number of thiazole rings is 1. The first-order chi connectivity index (χ1) is 13.1. The van der Waals surface area contributed by atoms with E-state index in [-0.39, 0.29) is 11.8 Å². The number of hydrogen-bond donors (Lipinski definition) is 1. The Balaban J connectivity index is 1.42. The van der Waals surface area contributed by atoms with Crippen molar-refractivity contribution in [3.05, 3.63) is 42.0 Å². The van der Waals surface area contributed by atoms with E-state index >= 15 is 0 Å². The van der Waals surface area contributed by atoms with E-state index in [4.69, 9.17) is 9.47 Å². The standard InChI is InChI=1S/C20H21N3O3S/c1-12-4-7-17(26-3)16(8-12)21-19(24)13-10-23(11-13)20-22-15-6-5-14(25-2)9-18(15)27-20/h4-9,13H,10-11H2,1-3H3,(H,21,24). The molecule has 0 unspecified atom stereocenters. The van der Waals surface area contributed by atoms with Gasteiger partial charge in [-0.1, -0.05) is 17.4 Å². The molecule has 0 atom stereocenters. The zero-order chi connectivity index (χ0) is 19.0. The van der Waals surface area contributed by atoms with Gasteiger partial charge in [0.05, 0.1) is 36.0 Å². The van der Waals surface area contributed by atoms with E-state index < -0.39 is 0 Å². The van der Waals surface area contributed by atoms with Gasteiger partial charge >= 0.3 is 0 Å². The molecule has 0 saturated carbocycles. The van der Waals surface area contributed by atoms with Gasteiger partial charge in [0.1, 0.15) is 11.5 Å². The lowest BCUT2D eigenvalue weighted by atomic mass is 10.00. The van der Waals surface area contributed by atoms with E-state index in [2.05, 4.69) is 15.2 Å². The van der Waals surface area contributed by atoms with Gasteiger partial charge in [0.15, 0.2) is 5.13 Å². The summed E-state index contributed by atoms with van der Waals surface area (Å²) in [6, 6.07) is 11.6. The Morgan fingerprint density at radius 2 is 2.00 bits per heavy atom. The molecule has 6 nitrogen and oxygen atoms in total. The van der Waals surface area contributed by atoms with Gasteiger partial charge in [0, 0.05) is 13.1 Å². The normalized spacial score (nSPS) is 14.1. The zero-order valence-corrected chi connectivity index (χ0v) is 16.3. The first-order valence-corrected chi connectivity index (χ1v) is 9.54. The number of fused-ring (bicyclic) bond motifs is 1. The highest BCUT2D eigenvalue weighted by Crippen LogP contribution is 2.35. The van der Waals surface area contributed by atoms with E-state index in [0.717, 1.165) is 26.7 Å². The molecule has 1 saturated heterocycles. The molecule has 27 heavy (non-hydrogen) atoms. The summed E-state index contributed by atoms with van der Waals surface area (Å²) in [6.07, 6.45) is 0. The number of amides is 1. The van der Waals surface area contributed by atoms with Crippen LogP contribution in [0.5, 0.6) is 11.5 Å². The van der Waals surface area contributed by atoms with Crippen LogP contribution < -0.4 is 19.7 Å². The van der Waals surface area contributed by atoms with E-state index in [9.17, 15) is 4.79 Å². The largest absolute Gasteiger partial charge is 0.497 e. The van der Waals surface area contributed by atoms with Crippen LogP contribution in [0.1, 0.15) is 5.56 Å². The molecule has 1 aromatic heterocycles. The molecule has 1 N–H and O–H groups in total. The smallest absolute Gasteiger partial charge is 0.231 e. The van der Waals surface area contributed by atoms with Gasteiger partial charge in [-0.05, 0) is 42.8 Å². The number of benzene rings is 2. The van der Waals surface area contributed by atoms with Crippen LogP contribution >= 0.6 is 11.3 Å². The lowest BCUT2D eigenvalue weighted by Crippen LogP contribution is -2.52. The minimum atomic E-state index is -0.0585. The predicted octanol–water partition coefficient (Wildman–Crippen LogP) is 3.70. The molecule has 3 aromatic rings. The maximum atomic E-state index is 12.6. The fraction of sp³-hybridized carbons (Fsp3) is 0.300. The topological polar surface area (TPSA) is 63.7 Å². The summed E-state index contributed by atoms with van der Waals surface area (Å²) >= 11 is 1.62. The Morgan fingerprint density at radius 3 is 2.74 bits per heavy atom. The summed E-state index contributed by atoms with van der Waals surface area (Å²) in [5.74, 6) is 1.45. The van der Waals surface area contributed by atoms with Gasteiger partial charge in [-0.15, -0.1) is 0 Å². The zero-order valence-electron chi connectivity index (χ0n) is 15.5. The number of ether oxygens (including phenoxy) is 2. The molecule has 1 aliphatic rings. The molecule has 4 rings (SSSR count). The van der Waals surface area contributed by atoms with E-state index in [1.54, 1.807) is 25.6 Å². The molecule has 0 aliphatic carbocycles. The summed E-state index contributed by atoms with van der Waals surface area (Å²) in [6.45, 7) is 3.32. The third-order valence-electron chi connectivity index (χ3n) is 4.72. The van der Waals surface area contributed by atoms with Crippen LogP contribution in [0.4, 0.5) is 10.8 Å². The average molecular weight is 383 g/mol. The molecule has 0 spiro atoms. The average Bonchev–Trinajstić information content (AvgIpc) is 3.03. The second kappa shape index (κ2) is 7.08. The second-order valence-electron chi connectivity index (χ2n) is 6.62. The molecular weight excluding hydrogens is 362 g/mol. The first kappa shape index (κ1) is 17.6. The molecule has 7 heteroatoms. The molecule has 1 aliphatic heterocycles. The Kier molecular flexibility index (Phi) is 4.61. The first-order valence-electron chi connectivity index (χ1n) is 8.72. The number of nitrogens with zero attached hydrogens (tertiary/aromatic N) is 2. The van der Waals surface area contributed by atoms with Crippen LogP contribution in [0.2, 0.25) is 0 Å². The second-order valence-corrected chi connectivity index (χ2v) is 7.63. The fourth-order valence-electron chi connectivity index (χ4n) is 3.11. The number of aromatic nitrogens is 1. The maximum Gasteiger partial charge on any atom is 0.231 e. The summed E-state index contributed by atoms with van der Waals surface area (Å²) in [7, 11) is 3.26. The Morgan fingerprint density at radius 1 is 1.19 bits per heavy atom. The lowest BCUT2D eigenvalue weighted by molar-refractivity contribution is -0.120. The molecule has 2 heterocycles. The van der Waals surface area contributed by atoms with Crippen molar-refractivity contribution >= 4 is 38.3 Å². The van der Waals surface area contributed by atoms with Crippen LogP contribution in [0, 0.1) is 12.8 Å². The summed E-state index contributed by atoms with van der Waals surface area (Å²) in [4.78, 5) is 19.4. The third kappa shape index (κ3) is 3.42. The van der Waals surface area contributed by atoms with Crippen LogP contribution in [-0.2, 0) is 4.79 Å². The van der Waals surface area contributed by atoms with Gasteiger partial charge in [-0.25, -0.2) is 4.98 Å². The summed E-state index contributed by atoms with van der Waals surface area (Å²) in [5, 5.41) is 3.93. The number of carbonyl (C=O) groups is 1. The lowest BCUT2D eigenvalue weighted by Gasteiger charge is -2.38. The monoisotopic (exact) mass is 383 g/mol. The molecule has 1 fully saturated rings. The van der Waals surface area contributed by atoms with E-state index in [0.29, 0.717) is 24.5 Å². The fourth-order valence-corrected chi connectivity index (χ4v) is 4.12. The Labute approximate surface area is 161 Å². The minimum Gasteiger partial charge on any atom is -0.497 e. The van der Waals surface area contributed by atoms with Crippen LogP contribution in [-0.4, -0.2) is 38.2 Å². The molecule has 2 aromatic carbocycles. The molecule has 0 bridgehead atoms. The van der Waals surface area contributed by atoms with Crippen molar-refractivity contribution in [1.82, 2.24) is 4.98 Å². The number of nitrogens with one attached hydrogen (secondary N) is 1.